The molecule has 8 atom stereocenters. The minimum absolute atomic E-state index is 0.270. The molecule has 0 N–H and O–H groups in total. The molecule has 256 valence electrons. The van der Waals surface area contributed by atoms with Crippen molar-refractivity contribution in [3.8, 4) is 0 Å². The summed E-state index contributed by atoms with van der Waals surface area (Å²) in [7, 11) is 0. The molecule has 4 aliphatic carbocycles. The zero-order chi connectivity index (χ0) is 32.3. The average molecular weight is 619 g/mol. The molecule has 0 aromatic rings. The normalized spacial score (nSPS) is 34.2. The van der Waals surface area contributed by atoms with Crippen LogP contribution in [0.1, 0.15) is 183 Å². The second-order valence-corrected chi connectivity index (χ2v) is 17.3. The highest BCUT2D eigenvalue weighted by atomic mass is 16.1. The molecule has 0 saturated heterocycles. The summed E-state index contributed by atoms with van der Waals surface area (Å²) in [4.78, 5) is 13.6. The van der Waals surface area contributed by atoms with Gasteiger partial charge in [0.25, 0.3) is 0 Å². The van der Waals surface area contributed by atoms with E-state index in [1.807, 2.05) is 0 Å². The zero-order valence-electron chi connectivity index (χ0n) is 30.9. The average Bonchev–Trinajstić information content (AvgIpc) is 3.31. The number of allylic oxidation sites excluding steroid dienone is 6. The highest BCUT2D eigenvalue weighted by Gasteiger charge is 2.59. The monoisotopic (exact) mass is 619 g/mol. The van der Waals surface area contributed by atoms with Crippen molar-refractivity contribution in [3.63, 3.8) is 0 Å². The zero-order valence-corrected chi connectivity index (χ0v) is 30.9. The number of ketones is 1. The highest BCUT2D eigenvalue weighted by Crippen LogP contribution is 2.67. The number of carbonyl (C=O) groups is 1. The van der Waals surface area contributed by atoms with Crippen LogP contribution < -0.4 is 0 Å². The molecule has 3 unspecified atom stereocenters. The van der Waals surface area contributed by atoms with E-state index in [1.165, 1.54) is 116 Å². The van der Waals surface area contributed by atoms with E-state index >= 15 is 0 Å². The summed E-state index contributed by atoms with van der Waals surface area (Å²) in [5, 5.41) is 0. The Bertz CT molecular complexity index is 983. The maximum Gasteiger partial charge on any atom is 0.140 e. The molecule has 0 aromatic carbocycles. The molecule has 4 rings (SSSR count). The van der Waals surface area contributed by atoms with E-state index in [0.717, 1.165) is 61.2 Å². The van der Waals surface area contributed by atoms with Crippen molar-refractivity contribution in [2.75, 3.05) is 0 Å². The second-order valence-electron chi connectivity index (χ2n) is 17.3. The predicted octanol–water partition coefficient (Wildman–Crippen LogP) is 13.6. The van der Waals surface area contributed by atoms with Gasteiger partial charge in [-0.15, -0.1) is 0 Å². The molecule has 0 heterocycles. The SMILES string of the molecule is CCCCC/C=C\C/C=C\CCCCCC[C@@H]1CC[C@@]2(C)C(=CCC3C2CC[C@@]2(C)C3CC[C@@H]2[C@H](C)CCCC(C)C)CC1=O. The Labute approximate surface area is 281 Å². The summed E-state index contributed by atoms with van der Waals surface area (Å²) < 4.78 is 0. The molecule has 0 bridgehead atoms. The highest BCUT2D eigenvalue weighted by molar-refractivity contribution is 5.84. The third-order valence-corrected chi connectivity index (χ3v) is 13.9. The van der Waals surface area contributed by atoms with Gasteiger partial charge in [0.2, 0.25) is 0 Å². The molecular weight excluding hydrogens is 544 g/mol. The van der Waals surface area contributed by atoms with E-state index in [-0.39, 0.29) is 5.41 Å². The second kappa shape index (κ2) is 17.9. The van der Waals surface area contributed by atoms with Gasteiger partial charge in [0.05, 0.1) is 0 Å². The molecule has 0 aliphatic heterocycles. The van der Waals surface area contributed by atoms with Gasteiger partial charge in [0.15, 0.2) is 0 Å². The number of hydrogen-bond acceptors (Lipinski definition) is 1. The predicted molar refractivity (Wildman–Crippen MR) is 196 cm³/mol. The maximum absolute atomic E-state index is 13.6. The molecule has 1 nitrogen and oxygen atoms in total. The summed E-state index contributed by atoms with van der Waals surface area (Å²) in [6, 6.07) is 0. The lowest BCUT2D eigenvalue weighted by molar-refractivity contribution is -0.122. The summed E-state index contributed by atoms with van der Waals surface area (Å²) >= 11 is 0. The standard InChI is InChI=1S/C44H74O/c1-7-8-9-10-11-12-13-14-15-16-17-18-19-20-24-36-29-31-43(5)37(33-42(36)45)25-26-38-40-28-27-39(35(4)23-21-22-34(2)3)44(40,6)32-30-41(38)43/h11-12,14-15,25,34-36,38-41H,7-10,13,16-24,26-33H2,1-6H3/b12-11-,15-14-/t35-,36-,38?,39-,40?,41?,43+,44-/m1/s1. The summed E-state index contributed by atoms with van der Waals surface area (Å²) in [6.45, 7) is 14.9. The molecule has 0 radical (unpaired) electrons. The molecule has 0 aromatic heterocycles. The van der Waals surface area contributed by atoms with Crippen LogP contribution >= 0.6 is 0 Å². The first-order chi connectivity index (χ1) is 21.7. The smallest absolute Gasteiger partial charge is 0.140 e. The number of rotatable bonds is 18. The van der Waals surface area contributed by atoms with Crippen molar-refractivity contribution in [2.24, 2.45) is 52.3 Å². The lowest BCUT2D eigenvalue weighted by atomic mass is 9.48. The van der Waals surface area contributed by atoms with Crippen molar-refractivity contribution in [2.45, 2.75) is 183 Å². The molecule has 0 amide bonds. The Balaban J connectivity index is 1.21. The largest absolute Gasteiger partial charge is 0.299 e. The Hall–Kier alpha value is -1.11. The summed E-state index contributed by atoms with van der Waals surface area (Å²) in [6.07, 6.45) is 40.2. The number of Topliss-reactive ketones (excluding diaryl/α,β-unsaturated/α-hetero) is 1. The Morgan fingerprint density at radius 1 is 0.800 bits per heavy atom. The lowest BCUT2D eigenvalue weighted by Gasteiger charge is -2.57. The number of fused-ring (bicyclic) bond motifs is 5. The minimum atomic E-state index is 0.270. The van der Waals surface area contributed by atoms with Gasteiger partial charge in [0.1, 0.15) is 5.78 Å². The van der Waals surface area contributed by atoms with E-state index in [9.17, 15) is 4.79 Å². The molecular formula is C44H74O. The minimum Gasteiger partial charge on any atom is -0.299 e. The van der Waals surface area contributed by atoms with Crippen LogP contribution in [0, 0.1) is 52.3 Å². The van der Waals surface area contributed by atoms with Gasteiger partial charge in [-0.25, -0.2) is 0 Å². The van der Waals surface area contributed by atoms with Crippen LogP contribution in [0.2, 0.25) is 0 Å². The van der Waals surface area contributed by atoms with Crippen LogP contribution in [-0.2, 0) is 4.79 Å². The quantitative estimate of drug-likeness (QED) is 0.110. The van der Waals surface area contributed by atoms with Gasteiger partial charge in [-0.2, -0.15) is 0 Å². The van der Waals surface area contributed by atoms with Crippen LogP contribution in [-0.4, -0.2) is 5.78 Å². The van der Waals surface area contributed by atoms with Crippen molar-refractivity contribution >= 4 is 5.78 Å². The van der Waals surface area contributed by atoms with E-state index in [2.05, 4.69) is 71.9 Å². The molecule has 45 heavy (non-hydrogen) atoms. The maximum atomic E-state index is 13.6. The van der Waals surface area contributed by atoms with Gasteiger partial charge in [-0.3, -0.25) is 4.79 Å². The third kappa shape index (κ3) is 9.50. The molecule has 0 spiro atoms. The van der Waals surface area contributed by atoms with E-state index < -0.39 is 0 Å². The fourth-order valence-corrected chi connectivity index (χ4v) is 11.1. The van der Waals surface area contributed by atoms with Crippen LogP contribution in [0.15, 0.2) is 36.0 Å². The van der Waals surface area contributed by atoms with Crippen molar-refractivity contribution in [3.05, 3.63) is 36.0 Å². The van der Waals surface area contributed by atoms with E-state index in [4.69, 9.17) is 0 Å². The number of carbonyl (C=O) groups excluding carboxylic acids is 1. The van der Waals surface area contributed by atoms with E-state index in [1.54, 1.807) is 5.57 Å². The fraction of sp³-hybridized carbons (Fsp3) is 0.841. The van der Waals surface area contributed by atoms with Crippen LogP contribution in [0.5, 0.6) is 0 Å². The molecule has 4 aliphatic rings. The number of unbranched alkanes of at least 4 members (excludes halogenated alkanes) is 7. The third-order valence-electron chi connectivity index (χ3n) is 13.9. The topological polar surface area (TPSA) is 17.1 Å². The fourth-order valence-electron chi connectivity index (χ4n) is 11.1. The van der Waals surface area contributed by atoms with Crippen LogP contribution in [0.4, 0.5) is 0 Å². The van der Waals surface area contributed by atoms with Crippen LogP contribution in [0.25, 0.3) is 0 Å². The first kappa shape index (κ1) is 36.7. The van der Waals surface area contributed by atoms with Crippen molar-refractivity contribution < 1.29 is 4.79 Å². The number of hydrogen-bond donors (Lipinski definition) is 0. The van der Waals surface area contributed by atoms with Gasteiger partial charge < -0.3 is 0 Å². The van der Waals surface area contributed by atoms with Gasteiger partial charge in [-0.05, 0) is 130 Å². The Morgan fingerprint density at radius 2 is 1.53 bits per heavy atom. The first-order valence-electron chi connectivity index (χ1n) is 20.2. The lowest BCUT2D eigenvalue weighted by Crippen LogP contribution is -2.49. The molecule has 3 saturated carbocycles. The van der Waals surface area contributed by atoms with Crippen molar-refractivity contribution in [1.29, 1.82) is 0 Å². The van der Waals surface area contributed by atoms with E-state index in [0.29, 0.717) is 17.1 Å². The van der Waals surface area contributed by atoms with Crippen molar-refractivity contribution in [1.82, 2.24) is 0 Å². The summed E-state index contributed by atoms with van der Waals surface area (Å²) in [5.74, 6) is 6.09. The first-order valence-corrected chi connectivity index (χ1v) is 20.2. The van der Waals surface area contributed by atoms with Crippen LogP contribution in [0.3, 0.4) is 0 Å². The summed E-state index contributed by atoms with van der Waals surface area (Å²) in [5.41, 5.74) is 2.37. The van der Waals surface area contributed by atoms with Gasteiger partial charge in [0, 0.05) is 12.3 Å². The molecule has 3 fully saturated rings. The Morgan fingerprint density at radius 3 is 2.27 bits per heavy atom. The van der Waals surface area contributed by atoms with Gasteiger partial charge >= 0.3 is 0 Å². The van der Waals surface area contributed by atoms with Gasteiger partial charge in [-0.1, -0.05) is 129 Å². The Kier molecular flexibility index (Phi) is 14.6. The molecule has 1 heteroatoms.